The van der Waals surface area contributed by atoms with E-state index < -0.39 is 0 Å². The summed E-state index contributed by atoms with van der Waals surface area (Å²) in [5, 5.41) is 16.3. The first-order valence-corrected chi connectivity index (χ1v) is 11.2. The predicted octanol–water partition coefficient (Wildman–Crippen LogP) is 1.93. The van der Waals surface area contributed by atoms with E-state index in [-0.39, 0.29) is 42.7 Å². The summed E-state index contributed by atoms with van der Waals surface area (Å²) in [5.74, 6) is 1.05. The number of pyridine rings is 1. The Kier molecular flexibility index (Phi) is 7.11. The van der Waals surface area contributed by atoms with Crippen LogP contribution in [0.4, 0.5) is 5.69 Å². The van der Waals surface area contributed by atoms with Gasteiger partial charge in [0.05, 0.1) is 19.2 Å². The van der Waals surface area contributed by atoms with Crippen molar-refractivity contribution in [3.05, 3.63) is 58.7 Å². The molecule has 0 radical (unpaired) electrons. The van der Waals surface area contributed by atoms with E-state index in [0.717, 1.165) is 31.6 Å². The third-order valence-corrected chi connectivity index (χ3v) is 6.68. The normalized spacial score (nSPS) is 21.7. The van der Waals surface area contributed by atoms with Gasteiger partial charge in [0.25, 0.3) is 0 Å². The average Bonchev–Trinajstić information content (AvgIpc) is 3.31. The van der Waals surface area contributed by atoms with Gasteiger partial charge in [-0.25, -0.2) is 5.10 Å². The topological polar surface area (TPSA) is 135 Å². The van der Waals surface area contributed by atoms with E-state index in [9.17, 15) is 4.79 Å². The molecule has 11 heteroatoms. The number of nitrogens with two attached hydrogens (primary N) is 1. The molecule has 5 rings (SSSR count). The quantitative estimate of drug-likeness (QED) is 0.500. The highest BCUT2D eigenvalue weighted by Gasteiger charge is 2.39. The van der Waals surface area contributed by atoms with Gasteiger partial charge in [0.15, 0.2) is 5.82 Å². The lowest BCUT2D eigenvalue weighted by atomic mass is 9.79. The Morgan fingerprint density at radius 2 is 2.21 bits per heavy atom. The highest BCUT2D eigenvalue weighted by atomic mass is 35.5. The van der Waals surface area contributed by atoms with Crippen molar-refractivity contribution in [3.8, 4) is 5.75 Å². The van der Waals surface area contributed by atoms with E-state index in [0.29, 0.717) is 17.3 Å². The molecule has 2 aromatic heterocycles. The van der Waals surface area contributed by atoms with Crippen LogP contribution in [-0.2, 0) is 17.6 Å². The van der Waals surface area contributed by atoms with Crippen molar-refractivity contribution >= 4 is 24.0 Å². The molecule has 2 aliphatic rings. The Labute approximate surface area is 204 Å². The molecule has 3 aromatic rings. The molecule has 0 bridgehead atoms. The Morgan fingerprint density at radius 1 is 1.35 bits per heavy atom. The van der Waals surface area contributed by atoms with Gasteiger partial charge in [-0.05, 0) is 71.1 Å². The summed E-state index contributed by atoms with van der Waals surface area (Å²) in [4.78, 5) is 19.6. The van der Waals surface area contributed by atoms with Gasteiger partial charge in [-0.1, -0.05) is 0 Å². The molecule has 1 fully saturated rings. The third-order valence-electron chi connectivity index (χ3n) is 6.68. The largest absolute Gasteiger partial charge is 0.495 e. The van der Waals surface area contributed by atoms with Gasteiger partial charge >= 0.3 is 0 Å². The summed E-state index contributed by atoms with van der Waals surface area (Å²) in [5.41, 5.74) is 12.1. The predicted molar refractivity (Wildman–Crippen MR) is 129 cm³/mol. The summed E-state index contributed by atoms with van der Waals surface area (Å²) in [6, 6.07) is 8.49. The first-order valence-electron chi connectivity index (χ1n) is 11.2. The van der Waals surface area contributed by atoms with Crippen LogP contribution in [0.25, 0.3) is 0 Å². The van der Waals surface area contributed by atoms with Gasteiger partial charge in [0.1, 0.15) is 5.75 Å². The number of aromatic amines is 1. The van der Waals surface area contributed by atoms with Crippen LogP contribution in [0.1, 0.15) is 46.6 Å². The molecule has 1 saturated heterocycles. The lowest BCUT2D eigenvalue weighted by Gasteiger charge is -2.46. The lowest BCUT2D eigenvalue weighted by molar-refractivity contribution is -0.115. The number of hydrogen-bond acceptors (Lipinski definition) is 8. The minimum atomic E-state index is -0.211. The van der Waals surface area contributed by atoms with Crippen molar-refractivity contribution in [1.82, 2.24) is 30.5 Å². The molecular formula is C23H29ClN8O2. The second-order valence-corrected chi connectivity index (χ2v) is 8.85. The van der Waals surface area contributed by atoms with E-state index >= 15 is 0 Å². The fourth-order valence-corrected chi connectivity index (χ4v) is 5.03. The number of fused-ring (bicyclic) bond motifs is 3. The molecule has 4 heterocycles. The van der Waals surface area contributed by atoms with Gasteiger partial charge in [-0.2, -0.15) is 0 Å². The van der Waals surface area contributed by atoms with Crippen LogP contribution in [-0.4, -0.2) is 62.7 Å². The number of halogens is 1. The van der Waals surface area contributed by atoms with Gasteiger partial charge in [-0.15, -0.1) is 17.5 Å². The zero-order chi connectivity index (χ0) is 22.9. The summed E-state index contributed by atoms with van der Waals surface area (Å²) < 4.78 is 5.64. The molecule has 1 amide bonds. The van der Waals surface area contributed by atoms with Crippen LogP contribution in [0.3, 0.4) is 0 Å². The number of hydrogen-bond donors (Lipinski definition) is 3. The van der Waals surface area contributed by atoms with Gasteiger partial charge in [0.2, 0.25) is 5.91 Å². The molecule has 1 aromatic carbocycles. The van der Waals surface area contributed by atoms with Gasteiger partial charge < -0.3 is 15.8 Å². The summed E-state index contributed by atoms with van der Waals surface area (Å²) in [6.45, 7) is 3.91. The van der Waals surface area contributed by atoms with E-state index in [4.69, 9.17) is 10.5 Å². The summed E-state index contributed by atoms with van der Waals surface area (Å²) >= 11 is 0. The van der Waals surface area contributed by atoms with Gasteiger partial charge in [0, 0.05) is 43.0 Å². The molecule has 10 nitrogen and oxygen atoms in total. The Bertz CT molecular complexity index is 1160. The van der Waals surface area contributed by atoms with E-state index in [1.807, 2.05) is 18.3 Å². The number of piperidine rings is 1. The SMILES string of the molecule is COc1cc2c(cc1NC(=O)Cc1nnn[nH]1)CCN1C[C@@H](c3cc(C)ccn3)[C@H](N)C[C@H]21.Cl. The number of tetrazole rings is 1. The number of methoxy groups -OCH3 is 1. The molecule has 180 valence electrons. The fourth-order valence-electron chi connectivity index (χ4n) is 5.03. The molecule has 3 atom stereocenters. The van der Waals surface area contributed by atoms with E-state index in [1.165, 1.54) is 16.7 Å². The molecule has 34 heavy (non-hydrogen) atoms. The number of benzene rings is 1. The smallest absolute Gasteiger partial charge is 0.232 e. The zero-order valence-corrected chi connectivity index (χ0v) is 20.0. The highest BCUT2D eigenvalue weighted by Crippen LogP contribution is 2.43. The Hall–Kier alpha value is -3.08. The number of aryl methyl sites for hydroxylation is 1. The van der Waals surface area contributed by atoms with Crippen molar-refractivity contribution in [2.75, 3.05) is 25.5 Å². The van der Waals surface area contributed by atoms with Crippen LogP contribution >= 0.6 is 12.4 Å². The average molecular weight is 485 g/mol. The van der Waals surface area contributed by atoms with Crippen molar-refractivity contribution in [1.29, 1.82) is 0 Å². The molecular weight excluding hydrogens is 456 g/mol. The number of anilines is 1. The highest BCUT2D eigenvalue weighted by molar-refractivity contribution is 5.93. The molecule has 0 spiro atoms. The van der Waals surface area contributed by atoms with E-state index in [2.05, 4.69) is 54.9 Å². The molecule has 2 aliphatic heterocycles. The number of carbonyl (C=O) groups excluding carboxylic acids is 1. The number of aromatic nitrogens is 5. The number of rotatable bonds is 5. The molecule has 0 aliphatic carbocycles. The maximum Gasteiger partial charge on any atom is 0.232 e. The summed E-state index contributed by atoms with van der Waals surface area (Å²) in [7, 11) is 1.62. The van der Waals surface area contributed by atoms with Crippen LogP contribution < -0.4 is 15.8 Å². The standard InChI is InChI=1S/C23H28N8O2.ClH/c1-13-3-5-25-18(7-13)16-12-31-6-4-14-8-19(26-23(32)11-22-27-29-30-28-22)21(33-2)9-15(14)20(31)10-17(16)24;/h3,5,7-9,16-17,20H,4,6,10-12,24H2,1-2H3,(H,26,32)(H,27,28,29,30);1H/t16-,17-,20-;/m1./s1. The van der Waals surface area contributed by atoms with Crippen LogP contribution in [0.2, 0.25) is 0 Å². The monoisotopic (exact) mass is 484 g/mol. The van der Waals surface area contributed by atoms with Crippen LogP contribution in [0.15, 0.2) is 30.5 Å². The zero-order valence-electron chi connectivity index (χ0n) is 19.2. The second-order valence-electron chi connectivity index (χ2n) is 8.85. The lowest BCUT2D eigenvalue weighted by Crippen LogP contribution is -2.50. The third kappa shape index (κ3) is 4.75. The number of ether oxygens (including phenoxy) is 1. The van der Waals surface area contributed by atoms with Gasteiger partial charge in [-0.3, -0.25) is 14.7 Å². The fraction of sp³-hybridized carbons (Fsp3) is 0.435. The van der Waals surface area contributed by atoms with Crippen molar-refractivity contribution in [2.45, 2.75) is 44.2 Å². The molecule has 0 saturated carbocycles. The number of H-pyrrole nitrogens is 1. The van der Waals surface area contributed by atoms with Crippen molar-refractivity contribution in [2.24, 2.45) is 5.73 Å². The maximum atomic E-state index is 12.5. The first kappa shape index (κ1) is 24.1. The molecule has 4 N–H and O–H groups in total. The number of nitrogens with zero attached hydrogens (tertiary/aromatic N) is 5. The van der Waals surface area contributed by atoms with Crippen LogP contribution in [0, 0.1) is 6.92 Å². The Morgan fingerprint density at radius 3 is 2.94 bits per heavy atom. The number of amides is 1. The second kappa shape index (κ2) is 10.0. The summed E-state index contributed by atoms with van der Waals surface area (Å²) in [6.07, 6.45) is 3.68. The first-order chi connectivity index (χ1) is 16.0. The number of nitrogens with one attached hydrogen (secondary N) is 2. The minimum Gasteiger partial charge on any atom is -0.495 e. The Balaban J connectivity index is 0.00000274. The minimum absolute atomic E-state index is 0. The van der Waals surface area contributed by atoms with E-state index in [1.54, 1.807) is 7.11 Å². The van der Waals surface area contributed by atoms with Crippen LogP contribution in [0.5, 0.6) is 5.75 Å². The maximum absolute atomic E-state index is 12.5. The van der Waals surface area contributed by atoms with Crippen molar-refractivity contribution < 1.29 is 9.53 Å². The number of carbonyl (C=O) groups is 1. The van der Waals surface area contributed by atoms with Crippen molar-refractivity contribution in [3.63, 3.8) is 0 Å². The molecule has 0 unspecified atom stereocenters.